The summed E-state index contributed by atoms with van der Waals surface area (Å²) < 4.78 is 47.7. The van der Waals surface area contributed by atoms with Crippen molar-refractivity contribution in [2.75, 3.05) is 26.4 Å². The average molecular weight is 891 g/mol. The minimum atomic E-state index is -4.88. The van der Waals surface area contributed by atoms with Crippen LogP contribution in [0.15, 0.2) is 72.9 Å². The third-order valence-electron chi connectivity index (χ3n) is 8.63. The Morgan fingerprint density at radius 1 is 0.533 bits per heavy atom. The Labute approximate surface area is 359 Å². The van der Waals surface area contributed by atoms with E-state index in [4.69, 9.17) is 23.8 Å². The quantitative estimate of drug-likeness (QED) is 0.0168. The van der Waals surface area contributed by atoms with Crippen molar-refractivity contribution in [2.24, 2.45) is 0 Å². The monoisotopic (exact) mass is 890 g/mol. The number of esters is 2. The molecule has 16 heteroatoms. The van der Waals surface area contributed by atoms with Gasteiger partial charge in [-0.25, -0.2) is 9.13 Å². The van der Waals surface area contributed by atoms with Crippen molar-refractivity contribution in [3.05, 3.63) is 72.9 Å². The molecule has 0 bridgehead atoms. The molecule has 0 amide bonds. The summed E-state index contributed by atoms with van der Waals surface area (Å²) in [5.41, 5.74) is 0. The molecule has 4 atom stereocenters. The summed E-state index contributed by atoms with van der Waals surface area (Å²) in [6.07, 6.45) is 39.5. The van der Waals surface area contributed by atoms with E-state index in [0.29, 0.717) is 19.3 Å². The molecule has 0 saturated carbocycles. The molecule has 1 unspecified atom stereocenters. The fourth-order valence-electron chi connectivity index (χ4n) is 5.27. The number of aliphatic hydroxyl groups is 2. The lowest BCUT2D eigenvalue weighted by atomic mass is 10.1. The maximum absolute atomic E-state index is 12.6. The van der Waals surface area contributed by atoms with Gasteiger partial charge in [0.05, 0.1) is 25.9 Å². The first-order chi connectivity index (χ1) is 28.8. The Bertz CT molecular complexity index is 1350. The van der Waals surface area contributed by atoms with Gasteiger partial charge in [-0.3, -0.25) is 23.2 Å². The van der Waals surface area contributed by atoms with Crippen molar-refractivity contribution >= 4 is 27.6 Å². The molecule has 0 aromatic heterocycles. The molecule has 0 spiro atoms. The predicted molar refractivity (Wildman–Crippen MR) is 236 cm³/mol. The number of phosphoric ester groups is 2. The number of rotatable bonds is 40. The smallest absolute Gasteiger partial charge is 0.462 e. The van der Waals surface area contributed by atoms with Gasteiger partial charge in [-0.15, -0.1) is 0 Å². The zero-order valence-electron chi connectivity index (χ0n) is 36.1. The van der Waals surface area contributed by atoms with Crippen molar-refractivity contribution in [1.82, 2.24) is 0 Å². The van der Waals surface area contributed by atoms with E-state index >= 15 is 0 Å². The number of ether oxygens (including phenoxy) is 2. The molecular weight excluding hydrogens is 814 g/mol. The maximum Gasteiger partial charge on any atom is 0.472 e. The van der Waals surface area contributed by atoms with Gasteiger partial charge in [-0.1, -0.05) is 132 Å². The third-order valence-corrected chi connectivity index (χ3v) is 10.1. The van der Waals surface area contributed by atoms with E-state index in [1.54, 1.807) is 0 Å². The zero-order chi connectivity index (χ0) is 44.6. The van der Waals surface area contributed by atoms with Crippen molar-refractivity contribution in [2.45, 2.75) is 167 Å². The summed E-state index contributed by atoms with van der Waals surface area (Å²) in [6, 6.07) is 0. The maximum atomic E-state index is 12.6. The molecular formula is C44H76O14P2. The average Bonchev–Trinajstić information content (AvgIpc) is 3.20. The van der Waals surface area contributed by atoms with Gasteiger partial charge < -0.3 is 34.4 Å². The van der Waals surface area contributed by atoms with Crippen molar-refractivity contribution in [3.63, 3.8) is 0 Å². The summed E-state index contributed by atoms with van der Waals surface area (Å²) >= 11 is 0. The molecule has 0 aliphatic rings. The highest BCUT2D eigenvalue weighted by molar-refractivity contribution is 7.47. The van der Waals surface area contributed by atoms with Crippen LogP contribution in [0.2, 0.25) is 0 Å². The van der Waals surface area contributed by atoms with Gasteiger partial charge in [0, 0.05) is 12.8 Å². The molecule has 0 rings (SSSR count). The number of hydrogen-bond donors (Lipinski definition) is 5. The molecule has 0 heterocycles. The van der Waals surface area contributed by atoms with Gasteiger partial charge in [-0.05, 0) is 77.0 Å². The molecule has 346 valence electrons. The van der Waals surface area contributed by atoms with Crippen LogP contribution in [0.4, 0.5) is 0 Å². The van der Waals surface area contributed by atoms with Gasteiger partial charge >= 0.3 is 27.6 Å². The Morgan fingerprint density at radius 2 is 1.02 bits per heavy atom. The van der Waals surface area contributed by atoms with E-state index in [0.717, 1.165) is 83.5 Å². The van der Waals surface area contributed by atoms with Crippen LogP contribution in [-0.2, 0) is 41.8 Å². The van der Waals surface area contributed by atoms with Crippen LogP contribution < -0.4 is 0 Å². The van der Waals surface area contributed by atoms with Crippen molar-refractivity contribution < 1.29 is 66.7 Å². The van der Waals surface area contributed by atoms with Crippen LogP contribution in [0.1, 0.15) is 149 Å². The Morgan fingerprint density at radius 3 is 1.62 bits per heavy atom. The van der Waals surface area contributed by atoms with Gasteiger partial charge in [-0.2, -0.15) is 0 Å². The lowest BCUT2D eigenvalue weighted by molar-refractivity contribution is -0.161. The lowest BCUT2D eigenvalue weighted by Gasteiger charge is -2.20. The van der Waals surface area contributed by atoms with E-state index in [1.807, 2.05) is 30.4 Å². The van der Waals surface area contributed by atoms with E-state index in [9.17, 15) is 33.8 Å². The van der Waals surface area contributed by atoms with Crippen molar-refractivity contribution in [3.8, 4) is 0 Å². The van der Waals surface area contributed by atoms with Crippen LogP contribution in [-0.4, -0.2) is 81.6 Å². The molecule has 0 fully saturated rings. The molecule has 0 radical (unpaired) electrons. The summed E-state index contributed by atoms with van der Waals surface area (Å²) in [5.74, 6) is -1.14. The topological polar surface area (TPSA) is 216 Å². The summed E-state index contributed by atoms with van der Waals surface area (Å²) in [5, 5.41) is 19.6. The number of unbranched alkanes of at least 4 members (excludes halogenated alkanes) is 10. The SMILES string of the molecule is CCCCC/C=C\C/C=C\CCCCCCCC(=O)OC[C@H](COP(=O)(O)OC[C@@H](O)COP(=O)(O)O)OC(=O)CCC/C=C\C/C=C\C/C=C\C/C=C\[C@H](O)CCCC. The first-order valence-electron chi connectivity index (χ1n) is 21.7. The molecule has 60 heavy (non-hydrogen) atoms. The first-order valence-corrected chi connectivity index (χ1v) is 24.7. The van der Waals surface area contributed by atoms with Gasteiger partial charge in [0.1, 0.15) is 12.7 Å². The van der Waals surface area contributed by atoms with Crippen LogP contribution in [0.5, 0.6) is 0 Å². The fourth-order valence-corrected chi connectivity index (χ4v) is 6.43. The first kappa shape index (κ1) is 57.5. The van der Waals surface area contributed by atoms with Gasteiger partial charge in [0.25, 0.3) is 0 Å². The molecule has 0 aromatic carbocycles. The van der Waals surface area contributed by atoms with Crippen LogP contribution in [0.3, 0.4) is 0 Å². The van der Waals surface area contributed by atoms with E-state index in [-0.39, 0.29) is 18.9 Å². The minimum Gasteiger partial charge on any atom is -0.462 e. The van der Waals surface area contributed by atoms with E-state index in [1.165, 1.54) is 19.3 Å². The Hall–Kier alpha value is -2.48. The predicted octanol–water partition coefficient (Wildman–Crippen LogP) is 9.98. The minimum absolute atomic E-state index is 0.0323. The highest BCUT2D eigenvalue weighted by atomic mass is 31.2. The fraction of sp³-hybridized carbons (Fsp3) is 0.682. The lowest BCUT2D eigenvalue weighted by Crippen LogP contribution is -2.29. The second-order valence-corrected chi connectivity index (χ2v) is 17.1. The van der Waals surface area contributed by atoms with Gasteiger partial charge in [0.15, 0.2) is 6.10 Å². The molecule has 14 nitrogen and oxygen atoms in total. The van der Waals surface area contributed by atoms with E-state index < -0.39 is 66.2 Å². The standard InChI is InChI=1S/C44H76O14P2/c1-3-5-7-8-9-10-11-12-13-14-18-21-24-27-30-34-43(47)54-38-42(39-57-60(52,53)56-37-41(46)36-55-59(49,50)51)58-44(48)35-31-28-25-22-19-16-15-17-20-23-26-29-33-40(45)32-6-4-2/h9-10,12-13,15-16,20,22-23,25,29,33,40-42,45-46H,3-8,11,14,17-19,21,24,26-28,30-32,34-39H2,1-2H3,(H,52,53)(H2,49,50,51)/b10-9-,13-12-,16-15-,23-20-,25-22-,33-29-/t40-,41+,42-/m1/s1. The normalized spacial score (nSPS) is 15.2. The molecule has 5 N–H and O–H groups in total. The number of carbonyl (C=O) groups is 2. The Balaban J connectivity index is 4.68. The van der Waals surface area contributed by atoms with E-state index in [2.05, 4.69) is 65.4 Å². The number of hydrogen-bond acceptors (Lipinski definition) is 11. The van der Waals surface area contributed by atoms with Crippen molar-refractivity contribution in [1.29, 1.82) is 0 Å². The summed E-state index contributed by atoms with van der Waals surface area (Å²) in [4.78, 5) is 52.6. The molecule has 0 aliphatic heterocycles. The third kappa shape index (κ3) is 42.2. The molecule has 0 saturated heterocycles. The zero-order valence-corrected chi connectivity index (χ0v) is 37.9. The van der Waals surface area contributed by atoms with Gasteiger partial charge in [0.2, 0.25) is 0 Å². The second kappa shape index (κ2) is 39.4. The number of allylic oxidation sites excluding steroid dienone is 11. The summed E-state index contributed by atoms with van der Waals surface area (Å²) in [6.45, 7) is 1.47. The molecule has 0 aromatic rings. The van der Waals surface area contributed by atoms with Crippen LogP contribution in [0, 0.1) is 0 Å². The number of phosphoric acid groups is 2. The highest BCUT2D eigenvalue weighted by Crippen LogP contribution is 2.43. The second-order valence-electron chi connectivity index (χ2n) is 14.4. The van der Waals surface area contributed by atoms with Crippen LogP contribution in [0.25, 0.3) is 0 Å². The summed E-state index contributed by atoms with van der Waals surface area (Å²) in [7, 11) is -9.72. The molecule has 0 aliphatic carbocycles. The number of aliphatic hydroxyl groups excluding tert-OH is 2. The van der Waals surface area contributed by atoms with Crippen LogP contribution >= 0.6 is 15.6 Å². The largest absolute Gasteiger partial charge is 0.472 e. The Kier molecular flexibility index (Phi) is 37.7. The highest BCUT2D eigenvalue weighted by Gasteiger charge is 2.28. The number of carbonyl (C=O) groups excluding carboxylic acids is 2.